The molecule has 0 fully saturated rings. The van der Waals surface area contributed by atoms with Crippen LogP contribution < -0.4 is 19.5 Å². The van der Waals surface area contributed by atoms with Gasteiger partial charge < -0.3 is 24.3 Å². The average molecular weight is 498 g/mol. The number of hydrogen-bond donors (Lipinski definition) is 1. The lowest BCUT2D eigenvalue weighted by molar-refractivity contribution is -0.274. The van der Waals surface area contributed by atoms with Crippen LogP contribution in [-0.2, 0) is 4.74 Å². The molecule has 35 heavy (non-hydrogen) atoms. The molecule has 8 nitrogen and oxygen atoms in total. The van der Waals surface area contributed by atoms with E-state index >= 15 is 0 Å². The Balaban J connectivity index is 1.91. The predicted molar refractivity (Wildman–Crippen MR) is 110 cm³/mol. The number of methoxy groups -OCH3 is 2. The minimum atomic E-state index is -4.96. The zero-order chi connectivity index (χ0) is 25.8. The lowest BCUT2D eigenvalue weighted by atomic mass is 10.1. The number of halogens is 5. The maximum Gasteiger partial charge on any atom is 0.573 e. The number of nitrogens with zero attached hydrogens (tertiary/aromatic N) is 1. The number of carbonyl (C=O) groups excluding carboxylic acids is 2. The third-order valence-electron chi connectivity index (χ3n) is 4.25. The summed E-state index contributed by atoms with van der Waals surface area (Å²) in [7, 11) is 2.27. The maximum atomic E-state index is 14.6. The van der Waals surface area contributed by atoms with Gasteiger partial charge in [0, 0.05) is 18.2 Å². The molecule has 13 heteroatoms. The summed E-state index contributed by atoms with van der Waals surface area (Å²) in [6.45, 7) is 0. The van der Waals surface area contributed by atoms with Crippen LogP contribution >= 0.6 is 0 Å². The second-order valence-electron chi connectivity index (χ2n) is 6.60. The van der Waals surface area contributed by atoms with Gasteiger partial charge in [0.05, 0.1) is 26.1 Å². The van der Waals surface area contributed by atoms with Gasteiger partial charge in [-0.25, -0.2) is 18.6 Å². The molecular weight excluding hydrogens is 483 g/mol. The number of hydrogen-bond acceptors (Lipinski definition) is 7. The Morgan fingerprint density at radius 2 is 1.69 bits per heavy atom. The normalized spacial score (nSPS) is 10.9. The molecule has 0 saturated carbocycles. The molecule has 0 spiro atoms. The molecule has 0 atom stereocenters. The van der Waals surface area contributed by atoms with Gasteiger partial charge in [0.25, 0.3) is 5.91 Å². The molecule has 184 valence electrons. The Morgan fingerprint density at radius 3 is 2.29 bits per heavy atom. The van der Waals surface area contributed by atoms with Crippen molar-refractivity contribution in [2.45, 2.75) is 6.36 Å². The van der Waals surface area contributed by atoms with Gasteiger partial charge in [-0.05, 0) is 24.3 Å². The SMILES string of the molecule is COC(=O)c1ccc(NC(=O)c2c(F)cc(F)cc2Oc2ccc(OC(F)(F)F)cc2OC)cn1. The zero-order valence-corrected chi connectivity index (χ0v) is 17.9. The van der Waals surface area contributed by atoms with Gasteiger partial charge in [-0.3, -0.25) is 4.79 Å². The van der Waals surface area contributed by atoms with Crippen molar-refractivity contribution >= 4 is 17.6 Å². The zero-order valence-electron chi connectivity index (χ0n) is 17.9. The fraction of sp³-hybridized carbons (Fsp3) is 0.136. The molecule has 3 rings (SSSR count). The lowest BCUT2D eigenvalue weighted by Gasteiger charge is -2.16. The fourth-order valence-electron chi connectivity index (χ4n) is 2.79. The summed E-state index contributed by atoms with van der Waals surface area (Å²) in [4.78, 5) is 28.0. The number of nitrogens with one attached hydrogen (secondary N) is 1. The monoisotopic (exact) mass is 498 g/mol. The molecular formula is C22H15F5N2O6. The highest BCUT2D eigenvalue weighted by atomic mass is 19.4. The molecule has 1 heterocycles. The number of aromatic nitrogens is 1. The first-order valence-electron chi connectivity index (χ1n) is 9.47. The molecule has 0 bridgehead atoms. The van der Waals surface area contributed by atoms with Crippen molar-refractivity contribution in [1.82, 2.24) is 4.98 Å². The Labute approximate surface area is 194 Å². The van der Waals surface area contributed by atoms with Crippen LogP contribution in [0.5, 0.6) is 23.0 Å². The first-order valence-corrected chi connectivity index (χ1v) is 9.47. The standard InChI is InChI=1S/C22H15F5N2O6/c1-32-17-9-13(35-22(25,26)27)4-6-16(17)34-18-8-11(23)7-14(24)19(18)20(30)29-12-3-5-15(28-10-12)21(31)33-2/h3-10H,1-2H3,(H,29,30). The summed E-state index contributed by atoms with van der Waals surface area (Å²) in [5, 5.41) is 2.32. The quantitative estimate of drug-likeness (QED) is 0.358. The number of pyridine rings is 1. The van der Waals surface area contributed by atoms with Crippen LogP contribution in [0.2, 0.25) is 0 Å². The molecule has 3 aromatic rings. The summed E-state index contributed by atoms with van der Waals surface area (Å²) < 4.78 is 84.6. The first kappa shape index (κ1) is 25.2. The average Bonchev–Trinajstić information content (AvgIpc) is 2.78. The van der Waals surface area contributed by atoms with E-state index in [-0.39, 0.29) is 22.9 Å². The molecule has 1 aromatic heterocycles. The maximum absolute atomic E-state index is 14.6. The second kappa shape index (κ2) is 10.2. The first-order chi connectivity index (χ1) is 16.5. The van der Waals surface area contributed by atoms with E-state index < -0.39 is 46.9 Å². The molecule has 0 saturated heterocycles. The van der Waals surface area contributed by atoms with Gasteiger partial charge in [-0.2, -0.15) is 0 Å². The highest BCUT2D eigenvalue weighted by Gasteiger charge is 2.31. The topological polar surface area (TPSA) is 96.0 Å². The summed E-state index contributed by atoms with van der Waals surface area (Å²) in [6, 6.07) is 6.41. The number of alkyl halides is 3. The molecule has 0 unspecified atom stereocenters. The summed E-state index contributed by atoms with van der Waals surface area (Å²) >= 11 is 0. The Morgan fingerprint density at radius 1 is 0.943 bits per heavy atom. The minimum absolute atomic E-state index is 0.0486. The third kappa shape index (κ3) is 6.34. The number of esters is 1. The summed E-state index contributed by atoms with van der Waals surface area (Å²) in [5.74, 6) is -5.92. The van der Waals surface area contributed by atoms with Gasteiger partial charge in [0.15, 0.2) is 11.5 Å². The van der Waals surface area contributed by atoms with E-state index in [0.717, 1.165) is 38.6 Å². The van der Waals surface area contributed by atoms with Crippen molar-refractivity contribution in [3.05, 3.63) is 71.6 Å². The molecule has 2 aromatic carbocycles. The van der Waals surface area contributed by atoms with E-state index in [2.05, 4.69) is 19.8 Å². The molecule has 0 aliphatic rings. The molecule has 0 aliphatic carbocycles. The van der Waals surface area contributed by atoms with Crippen molar-refractivity contribution in [2.24, 2.45) is 0 Å². The Kier molecular flexibility index (Phi) is 7.37. The van der Waals surface area contributed by atoms with Gasteiger partial charge in [-0.1, -0.05) is 0 Å². The Bertz CT molecular complexity index is 1250. The van der Waals surface area contributed by atoms with E-state index in [0.29, 0.717) is 12.1 Å². The third-order valence-corrected chi connectivity index (χ3v) is 4.25. The molecule has 1 amide bonds. The van der Waals surface area contributed by atoms with Crippen LogP contribution in [0, 0.1) is 11.6 Å². The number of rotatable bonds is 7. The van der Waals surface area contributed by atoms with E-state index in [1.54, 1.807) is 0 Å². The Hall–Kier alpha value is -4.42. The molecule has 0 aliphatic heterocycles. The van der Waals surface area contributed by atoms with Crippen LogP contribution in [0.4, 0.5) is 27.6 Å². The van der Waals surface area contributed by atoms with Crippen LogP contribution in [-0.4, -0.2) is 37.4 Å². The minimum Gasteiger partial charge on any atom is -0.493 e. The predicted octanol–water partition coefficient (Wildman–Crippen LogP) is 5.10. The smallest absolute Gasteiger partial charge is 0.493 e. The van der Waals surface area contributed by atoms with Crippen molar-refractivity contribution in [3.63, 3.8) is 0 Å². The van der Waals surface area contributed by atoms with E-state index in [9.17, 15) is 31.5 Å². The number of amides is 1. The molecule has 0 radical (unpaired) electrons. The van der Waals surface area contributed by atoms with Crippen LogP contribution in [0.15, 0.2) is 48.7 Å². The molecule has 1 N–H and O–H groups in total. The highest BCUT2D eigenvalue weighted by molar-refractivity contribution is 6.06. The van der Waals surface area contributed by atoms with Gasteiger partial charge >= 0.3 is 12.3 Å². The van der Waals surface area contributed by atoms with Gasteiger partial charge in [0.2, 0.25) is 0 Å². The van der Waals surface area contributed by atoms with Crippen LogP contribution in [0.3, 0.4) is 0 Å². The second-order valence-corrected chi connectivity index (χ2v) is 6.60. The van der Waals surface area contributed by atoms with E-state index in [1.165, 1.54) is 12.1 Å². The highest BCUT2D eigenvalue weighted by Crippen LogP contribution is 2.38. The fourth-order valence-corrected chi connectivity index (χ4v) is 2.79. The van der Waals surface area contributed by atoms with Gasteiger partial charge in [-0.15, -0.1) is 13.2 Å². The van der Waals surface area contributed by atoms with Crippen molar-refractivity contribution < 1.29 is 50.5 Å². The lowest BCUT2D eigenvalue weighted by Crippen LogP contribution is -2.17. The van der Waals surface area contributed by atoms with E-state index in [4.69, 9.17) is 9.47 Å². The van der Waals surface area contributed by atoms with E-state index in [1.807, 2.05) is 0 Å². The van der Waals surface area contributed by atoms with Crippen LogP contribution in [0.1, 0.15) is 20.8 Å². The van der Waals surface area contributed by atoms with Crippen molar-refractivity contribution in [3.8, 4) is 23.0 Å². The summed E-state index contributed by atoms with van der Waals surface area (Å²) in [6.07, 6.45) is -3.86. The van der Waals surface area contributed by atoms with Gasteiger partial charge in [0.1, 0.15) is 34.4 Å². The largest absolute Gasteiger partial charge is 0.573 e. The number of anilines is 1. The summed E-state index contributed by atoms with van der Waals surface area (Å²) in [5.41, 5.74) is -0.711. The van der Waals surface area contributed by atoms with Crippen LogP contribution in [0.25, 0.3) is 0 Å². The van der Waals surface area contributed by atoms with Crippen molar-refractivity contribution in [2.75, 3.05) is 19.5 Å². The number of carbonyl (C=O) groups is 2. The number of ether oxygens (including phenoxy) is 4. The van der Waals surface area contributed by atoms with Crippen molar-refractivity contribution in [1.29, 1.82) is 0 Å². The number of benzene rings is 2.